The minimum absolute atomic E-state index is 0.0257. The first-order chi connectivity index (χ1) is 10.1. The maximum Gasteiger partial charge on any atom is 0.263 e. The molecule has 0 unspecified atom stereocenters. The van der Waals surface area contributed by atoms with Crippen LogP contribution in [0, 0.1) is 0 Å². The van der Waals surface area contributed by atoms with Crippen molar-refractivity contribution < 1.29 is 18.3 Å². The standard InChI is InChI=1S/C16H17F2NO2/c1-20-13-7-8-15(21-2)14(9-13)19-10-11-3-5-12(6-4-11)16(17)18/h3-9,16,19H,10H2,1-2H3. The number of benzene rings is 2. The molecule has 0 aliphatic heterocycles. The van der Waals surface area contributed by atoms with Crippen molar-refractivity contribution in [2.75, 3.05) is 19.5 Å². The van der Waals surface area contributed by atoms with Gasteiger partial charge in [0.1, 0.15) is 11.5 Å². The van der Waals surface area contributed by atoms with Gasteiger partial charge in [-0.3, -0.25) is 0 Å². The SMILES string of the molecule is COc1ccc(OC)c(NCc2ccc(C(F)F)cc2)c1. The Kier molecular flexibility index (Phi) is 4.98. The molecular weight excluding hydrogens is 276 g/mol. The number of halogens is 2. The highest BCUT2D eigenvalue weighted by molar-refractivity contribution is 5.59. The number of hydrogen-bond acceptors (Lipinski definition) is 3. The molecule has 0 heterocycles. The largest absolute Gasteiger partial charge is 0.497 e. The van der Waals surface area contributed by atoms with Crippen molar-refractivity contribution in [1.29, 1.82) is 0 Å². The van der Waals surface area contributed by atoms with Crippen LogP contribution in [0.4, 0.5) is 14.5 Å². The molecule has 0 aromatic heterocycles. The van der Waals surface area contributed by atoms with Crippen molar-refractivity contribution in [3.05, 3.63) is 53.6 Å². The van der Waals surface area contributed by atoms with Gasteiger partial charge in [-0.2, -0.15) is 0 Å². The summed E-state index contributed by atoms with van der Waals surface area (Å²) >= 11 is 0. The number of hydrogen-bond donors (Lipinski definition) is 1. The predicted octanol–water partition coefficient (Wildman–Crippen LogP) is 4.25. The molecule has 0 spiro atoms. The second kappa shape index (κ2) is 6.92. The third kappa shape index (κ3) is 3.84. The number of alkyl halides is 2. The molecule has 2 aromatic rings. The average molecular weight is 293 g/mol. The van der Waals surface area contributed by atoms with E-state index < -0.39 is 6.43 Å². The number of nitrogens with one attached hydrogen (secondary N) is 1. The average Bonchev–Trinajstić information content (AvgIpc) is 2.52. The van der Waals surface area contributed by atoms with Crippen LogP contribution in [0.3, 0.4) is 0 Å². The van der Waals surface area contributed by atoms with Crippen LogP contribution in [0.15, 0.2) is 42.5 Å². The Balaban J connectivity index is 2.08. The van der Waals surface area contributed by atoms with Crippen molar-refractivity contribution in [2.45, 2.75) is 13.0 Å². The van der Waals surface area contributed by atoms with Gasteiger partial charge in [0.15, 0.2) is 0 Å². The normalized spacial score (nSPS) is 10.5. The number of rotatable bonds is 6. The minimum Gasteiger partial charge on any atom is -0.497 e. The zero-order valence-corrected chi connectivity index (χ0v) is 11.9. The van der Waals surface area contributed by atoms with Crippen LogP contribution in [0.2, 0.25) is 0 Å². The Labute approximate surface area is 122 Å². The van der Waals surface area contributed by atoms with Gasteiger partial charge in [0.25, 0.3) is 6.43 Å². The lowest BCUT2D eigenvalue weighted by Crippen LogP contribution is -2.02. The fraction of sp³-hybridized carbons (Fsp3) is 0.250. The molecular formula is C16H17F2NO2. The van der Waals surface area contributed by atoms with E-state index in [1.165, 1.54) is 12.1 Å². The molecule has 0 aliphatic rings. The topological polar surface area (TPSA) is 30.5 Å². The first kappa shape index (κ1) is 15.1. The highest BCUT2D eigenvalue weighted by Gasteiger charge is 2.07. The molecule has 0 fully saturated rings. The lowest BCUT2D eigenvalue weighted by atomic mass is 10.1. The Morgan fingerprint density at radius 2 is 1.71 bits per heavy atom. The van der Waals surface area contributed by atoms with Gasteiger partial charge in [-0.05, 0) is 17.7 Å². The summed E-state index contributed by atoms with van der Waals surface area (Å²) in [6.07, 6.45) is -2.44. The van der Waals surface area contributed by atoms with Crippen molar-refractivity contribution in [1.82, 2.24) is 0 Å². The summed E-state index contributed by atoms with van der Waals surface area (Å²) in [5, 5.41) is 3.21. The van der Waals surface area contributed by atoms with E-state index in [0.29, 0.717) is 18.0 Å². The zero-order valence-electron chi connectivity index (χ0n) is 11.9. The van der Waals surface area contributed by atoms with Gasteiger partial charge in [-0.25, -0.2) is 8.78 Å². The van der Waals surface area contributed by atoms with Gasteiger partial charge in [-0.15, -0.1) is 0 Å². The second-order valence-corrected chi connectivity index (χ2v) is 4.46. The summed E-state index contributed by atoms with van der Waals surface area (Å²) in [4.78, 5) is 0. The van der Waals surface area contributed by atoms with Crippen molar-refractivity contribution in [2.24, 2.45) is 0 Å². The van der Waals surface area contributed by atoms with E-state index in [1.54, 1.807) is 38.5 Å². The summed E-state index contributed by atoms with van der Waals surface area (Å²) in [5.74, 6) is 1.41. The van der Waals surface area contributed by atoms with Gasteiger partial charge in [0.2, 0.25) is 0 Å². The van der Waals surface area contributed by atoms with Crippen molar-refractivity contribution in [3.8, 4) is 11.5 Å². The number of methoxy groups -OCH3 is 2. The highest BCUT2D eigenvalue weighted by Crippen LogP contribution is 2.29. The fourth-order valence-electron chi connectivity index (χ4n) is 1.93. The van der Waals surface area contributed by atoms with Crippen molar-refractivity contribution >= 4 is 5.69 Å². The molecule has 0 atom stereocenters. The van der Waals surface area contributed by atoms with Gasteiger partial charge in [-0.1, -0.05) is 24.3 Å². The molecule has 0 saturated heterocycles. The maximum atomic E-state index is 12.5. The monoisotopic (exact) mass is 293 g/mol. The Morgan fingerprint density at radius 3 is 2.29 bits per heavy atom. The van der Waals surface area contributed by atoms with Gasteiger partial charge < -0.3 is 14.8 Å². The van der Waals surface area contributed by atoms with Crippen LogP contribution in [-0.4, -0.2) is 14.2 Å². The van der Waals surface area contributed by atoms with Gasteiger partial charge in [0.05, 0.1) is 19.9 Å². The first-order valence-corrected chi connectivity index (χ1v) is 6.47. The molecule has 3 nitrogen and oxygen atoms in total. The third-order valence-electron chi connectivity index (χ3n) is 3.12. The van der Waals surface area contributed by atoms with E-state index in [2.05, 4.69) is 5.32 Å². The van der Waals surface area contributed by atoms with E-state index in [0.717, 1.165) is 11.3 Å². The molecule has 0 amide bonds. The van der Waals surface area contributed by atoms with E-state index in [9.17, 15) is 8.78 Å². The van der Waals surface area contributed by atoms with Crippen LogP contribution in [-0.2, 0) is 6.54 Å². The number of anilines is 1. The smallest absolute Gasteiger partial charge is 0.263 e. The summed E-state index contributed by atoms with van der Waals surface area (Å²) in [6.45, 7) is 0.507. The van der Waals surface area contributed by atoms with Crippen LogP contribution >= 0.6 is 0 Å². The quantitative estimate of drug-likeness (QED) is 0.863. The fourth-order valence-corrected chi connectivity index (χ4v) is 1.93. The van der Waals surface area contributed by atoms with Gasteiger partial charge in [0, 0.05) is 18.2 Å². The van der Waals surface area contributed by atoms with Crippen LogP contribution < -0.4 is 14.8 Å². The minimum atomic E-state index is -2.44. The molecule has 0 saturated carbocycles. The van der Waals surface area contributed by atoms with Crippen LogP contribution in [0.25, 0.3) is 0 Å². The molecule has 2 aromatic carbocycles. The van der Waals surface area contributed by atoms with E-state index in [1.807, 2.05) is 6.07 Å². The van der Waals surface area contributed by atoms with Crippen molar-refractivity contribution in [3.63, 3.8) is 0 Å². The Hall–Kier alpha value is -2.30. The molecule has 1 N–H and O–H groups in total. The summed E-state index contributed by atoms with van der Waals surface area (Å²) < 4.78 is 35.4. The van der Waals surface area contributed by atoms with E-state index in [-0.39, 0.29) is 5.56 Å². The summed E-state index contributed by atoms with van der Waals surface area (Å²) in [6, 6.07) is 11.7. The molecule has 0 bridgehead atoms. The molecule has 0 radical (unpaired) electrons. The molecule has 112 valence electrons. The highest BCUT2D eigenvalue weighted by atomic mass is 19.3. The second-order valence-electron chi connectivity index (χ2n) is 4.46. The van der Waals surface area contributed by atoms with Crippen LogP contribution in [0.1, 0.15) is 17.6 Å². The molecule has 2 rings (SSSR count). The molecule has 0 aliphatic carbocycles. The number of ether oxygens (including phenoxy) is 2. The first-order valence-electron chi connectivity index (χ1n) is 6.47. The van der Waals surface area contributed by atoms with E-state index >= 15 is 0 Å². The summed E-state index contributed by atoms with van der Waals surface area (Å²) in [5.41, 5.74) is 1.72. The Bertz CT molecular complexity index is 585. The van der Waals surface area contributed by atoms with Gasteiger partial charge >= 0.3 is 0 Å². The predicted molar refractivity (Wildman–Crippen MR) is 78.3 cm³/mol. The zero-order chi connectivity index (χ0) is 15.2. The summed E-state index contributed by atoms with van der Waals surface area (Å²) in [7, 11) is 3.18. The lowest BCUT2D eigenvalue weighted by Gasteiger charge is -2.13. The Morgan fingerprint density at radius 1 is 1.00 bits per heavy atom. The lowest BCUT2D eigenvalue weighted by molar-refractivity contribution is 0.151. The van der Waals surface area contributed by atoms with Crippen LogP contribution in [0.5, 0.6) is 11.5 Å². The third-order valence-corrected chi connectivity index (χ3v) is 3.12. The van der Waals surface area contributed by atoms with E-state index in [4.69, 9.17) is 9.47 Å². The molecule has 5 heteroatoms. The molecule has 21 heavy (non-hydrogen) atoms. The maximum absolute atomic E-state index is 12.5.